The van der Waals surface area contributed by atoms with Gasteiger partial charge in [0.15, 0.2) is 0 Å². The molecule has 1 N–H and O–H groups in total. The highest BCUT2D eigenvalue weighted by atomic mass is 16.2. The van der Waals surface area contributed by atoms with Crippen molar-refractivity contribution >= 4 is 5.91 Å². The summed E-state index contributed by atoms with van der Waals surface area (Å²) in [4.78, 5) is 14.5. The Morgan fingerprint density at radius 3 is 2.50 bits per heavy atom. The summed E-state index contributed by atoms with van der Waals surface area (Å²) >= 11 is 0. The summed E-state index contributed by atoms with van der Waals surface area (Å²) in [6.07, 6.45) is 5.26. The first-order chi connectivity index (χ1) is 9.65. The van der Waals surface area contributed by atoms with Crippen molar-refractivity contribution in [3.05, 3.63) is 35.4 Å². The third-order valence-electron chi connectivity index (χ3n) is 4.70. The van der Waals surface area contributed by atoms with E-state index in [1.807, 2.05) is 6.92 Å². The maximum Gasteiger partial charge on any atom is 0.241 e. The molecule has 1 aromatic rings. The standard InChI is InChI=1S/C17H24N2O/c1-12-7-9-15(10-8-12)16-18-13(2)17(20)19(16)11-14-5-3-4-6-14/h7-10,13-14,16,18H,3-6,11H2,1-2H3. The zero-order chi connectivity index (χ0) is 14.1. The zero-order valence-electron chi connectivity index (χ0n) is 12.4. The first kappa shape index (κ1) is 13.6. The largest absolute Gasteiger partial charge is 0.321 e. The lowest BCUT2D eigenvalue weighted by atomic mass is 10.1. The second-order valence-electron chi connectivity index (χ2n) is 6.34. The van der Waals surface area contributed by atoms with Crippen LogP contribution in [0.1, 0.15) is 49.9 Å². The molecule has 3 heteroatoms. The van der Waals surface area contributed by atoms with E-state index in [0.29, 0.717) is 5.92 Å². The molecule has 3 nitrogen and oxygen atoms in total. The number of nitrogens with one attached hydrogen (secondary N) is 1. The minimum atomic E-state index is -0.0669. The van der Waals surface area contributed by atoms with Gasteiger partial charge >= 0.3 is 0 Å². The van der Waals surface area contributed by atoms with Crippen molar-refractivity contribution in [3.8, 4) is 0 Å². The van der Waals surface area contributed by atoms with E-state index in [2.05, 4.69) is 41.4 Å². The fourth-order valence-electron chi connectivity index (χ4n) is 3.47. The van der Waals surface area contributed by atoms with Crippen molar-refractivity contribution < 1.29 is 4.79 Å². The predicted molar refractivity (Wildman–Crippen MR) is 80.2 cm³/mol. The van der Waals surface area contributed by atoms with Gasteiger partial charge in [0.25, 0.3) is 0 Å². The lowest BCUT2D eigenvalue weighted by Crippen LogP contribution is -2.34. The Labute approximate surface area is 121 Å². The lowest BCUT2D eigenvalue weighted by Gasteiger charge is -2.27. The average Bonchev–Trinajstić information content (AvgIpc) is 3.04. The molecule has 1 heterocycles. The van der Waals surface area contributed by atoms with E-state index in [0.717, 1.165) is 6.54 Å². The molecule has 20 heavy (non-hydrogen) atoms. The normalized spacial score (nSPS) is 27.5. The van der Waals surface area contributed by atoms with E-state index in [4.69, 9.17) is 0 Å². The van der Waals surface area contributed by atoms with Gasteiger partial charge in [0.05, 0.1) is 6.04 Å². The van der Waals surface area contributed by atoms with Crippen LogP contribution in [0.3, 0.4) is 0 Å². The van der Waals surface area contributed by atoms with Crippen LogP contribution in [-0.2, 0) is 4.79 Å². The summed E-state index contributed by atoms with van der Waals surface area (Å²) in [6, 6.07) is 8.46. The Kier molecular flexibility index (Phi) is 3.79. The molecule has 3 rings (SSSR count). The van der Waals surface area contributed by atoms with Gasteiger partial charge in [-0.05, 0) is 38.2 Å². The second-order valence-corrected chi connectivity index (χ2v) is 6.34. The van der Waals surface area contributed by atoms with Crippen molar-refractivity contribution in [1.82, 2.24) is 10.2 Å². The molecule has 0 spiro atoms. The van der Waals surface area contributed by atoms with Crippen LogP contribution in [0.15, 0.2) is 24.3 Å². The van der Waals surface area contributed by atoms with Crippen LogP contribution in [0.2, 0.25) is 0 Å². The molecular formula is C17H24N2O. The smallest absolute Gasteiger partial charge is 0.241 e. The molecule has 2 unspecified atom stereocenters. The average molecular weight is 272 g/mol. The van der Waals surface area contributed by atoms with Gasteiger partial charge < -0.3 is 4.90 Å². The minimum absolute atomic E-state index is 0.0544. The number of benzene rings is 1. The summed E-state index contributed by atoms with van der Waals surface area (Å²) in [5.41, 5.74) is 2.46. The molecule has 1 saturated carbocycles. The van der Waals surface area contributed by atoms with Gasteiger partial charge in [-0.1, -0.05) is 42.7 Å². The van der Waals surface area contributed by atoms with E-state index in [1.165, 1.54) is 36.8 Å². The number of amides is 1. The third-order valence-corrected chi connectivity index (χ3v) is 4.70. The maximum absolute atomic E-state index is 12.4. The van der Waals surface area contributed by atoms with Gasteiger partial charge in [0.1, 0.15) is 6.17 Å². The Morgan fingerprint density at radius 1 is 1.20 bits per heavy atom. The van der Waals surface area contributed by atoms with Crippen LogP contribution in [0, 0.1) is 12.8 Å². The van der Waals surface area contributed by atoms with E-state index >= 15 is 0 Å². The Balaban J connectivity index is 1.79. The maximum atomic E-state index is 12.4. The van der Waals surface area contributed by atoms with Crippen molar-refractivity contribution in [2.45, 2.75) is 51.7 Å². The molecule has 0 radical (unpaired) electrons. The molecule has 2 atom stereocenters. The van der Waals surface area contributed by atoms with Crippen LogP contribution in [-0.4, -0.2) is 23.4 Å². The minimum Gasteiger partial charge on any atom is -0.321 e. The summed E-state index contributed by atoms with van der Waals surface area (Å²) in [5, 5.41) is 3.44. The van der Waals surface area contributed by atoms with Crippen LogP contribution < -0.4 is 5.32 Å². The number of nitrogens with zero attached hydrogens (tertiary/aromatic N) is 1. The van der Waals surface area contributed by atoms with E-state index in [9.17, 15) is 4.79 Å². The molecule has 108 valence electrons. The number of rotatable bonds is 3. The predicted octanol–water partition coefficient (Wildman–Crippen LogP) is 3.00. The highest BCUT2D eigenvalue weighted by Crippen LogP contribution is 2.31. The molecule has 1 aromatic carbocycles. The number of carbonyl (C=O) groups is 1. The highest BCUT2D eigenvalue weighted by molar-refractivity contribution is 5.84. The fraction of sp³-hybridized carbons (Fsp3) is 0.588. The van der Waals surface area contributed by atoms with E-state index in [1.54, 1.807) is 0 Å². The Hall–Kier alpha value is -1.35. The zero-order valence-corrected chi connectivity index (χ0v) is 12.4. The molecule has 1 aliphatic carbocycles. The molecule has 2 fully saturated rings. The summed E-state index contributed by atoms with van der Waals surface area (Å²) in [5.74, 6) is 0.946. The highest BCUT2D eigenvalue weighted by Gasteiger charge is 2.38. The Bertz CT molecular complexity index is 476. The molecule has 0 aromatic heterocycles. The van der Waals surface area contributed by atoms with Gasteiger partial charge in [-0.2, -0.15) is 0 Å². The third kappa shape index (κ3) is 2.59. The van der Waals surface area contributed by atoms with Crippen molar-refractivity contribution in [2.24, 2.45) is 5.92 Å². The van der Waals surface area contributed by atoms with Gasteiger partial charge in [0, 0.05) is 6.54 Å². The SMILES string of the molecule is Cc1ccc(C2NC(C)C(=O)N2CC2CCCC2)cc1. The van der Waals surface area contributed by atoms with Gasteiger partial charge in [-0.15, -0.1) is 0 Å². The molecule has 1 aliphatic heterocycles. The topological polar surface area (TPSA) is 32.3 Å². The van der Waals surface area contributed by atoms with E-state index < -0.39 is 0 Å². The van der Waals surface area contributed by atoms with Crippen molar-refractivity contribution in [3.63, 3.8) is 0 Å². The first-order valence-electron chi connectivity index (χ1n) is 7.78. The number of hydrogen-bond acceptors (Lipinski definition) is 2. The van der Waals surface area contributed by atoms with Crippen LogP contribution in [0.25, 0.3) is 0 Å². The second kappa shape index (κ2) is 5.57. The number of aryl methyl sites for hydroxylation is 1. The number of hydrogen-bond donors (Lipinski definition) is 1. The van der Waals surface area contributed by atoms with Gasteiger partial charge in [-0.3, -0.25) is 10.1 Å². The quantitative estimate of drug-likeness (QED) is 0.917. The molecule has 1 saturated heterocycles. The Morgan fingerprint density at radius 2 is 1.85 bits per heavy atom. The molecule has 2 aliphatic rings. The monoisotopic (exact) mass is 272 g/mol. The number of carbonyl (C=O) groups excluding carboxylic acids is 1. The summed E-state index contributed by atoms with van der Waals surface area (Å²) in [6.45, 7) is 4.98. The van der Waals surface area contributed by atoms with Crippen molar-refractivity contribution in [2.75, 3.05) is 6.54 Å². The van der Waals surface area contributed by atoms with Crippen LogP contribution in [0.5, 0.6) is 0 Å². The lowest BCUT2D eigenvalue weighted by molar-refractivity contribution is -0.130. The van der Waals surface area contributed by atoms with Crippen molar-refractivity contribution in [1.29, 1.82) is 0 Å². The summed E-state index contributed by atoms with van der Waals surface area (Å²) < 4.78 is 0. The van der Waals surface area contributed by atoms with E-state index in [-0.39, 0.29) is 18.1 Å². The molecule has 0 bridgehead atoms. The molecular weight excluding hydrogens is 248 g/mol. The summed E-state index contributed by atoms with van der Waals surface area (Å²) in [7, 11) is 0. The van der Waals surface area contributed by atoms with Gasteiger partial charge in [0.2, 0.25) is 5.91 Å². The van der Waals surface area contributed by atoms with Gasteiger partial charge in [-0.25, -0.2) is 0 Å². The fourth-order valence-corrected chi connectivity index (χ4v) is 3.47. The van der Waals surface area contributed by atoms with Crippen LogP contribution >= 0.6 is 0 Å². The molecule has 1 amide bonds. The first-order valence-corrected chi connectivity index (χ1v) is 7.78. The van der Waals surface area contributed by atoms with Crippen LogP contribution in [0.4, 0.5) is 0 Å².